The normalized spacial score (nSPS) is 13.7. The maximum Gasteiger partial charge on any atom is 0.408 e. The maximum absolute atomic E-state index is 14.8. The van der Waals surface area contributed by atoms with Crippen LogP contribution in [-0.2, 0) is 16.1 Å². The summed E-state index contributed by atoms with van der Waals surface area (Å²) in [5.74, 6) is -0.368. The van der Waals surface area contributed by atoms with Crippen LogP contribution < -0.4 is 15.8 Å². The Hall–Kier alpha value is -4.96. The number of piperazine rings is 1. The molecule has 3 aromatic carbocycles. The third-order valence-corrected chi connectivity index (χ3v) is 8.06. The van der Waals surface area contributed by atoms with E-state index in [9.17, 15) is 19.2 Å². The van der Waals surface area contributed by atoms with Gasteiger partial charge in [0.1, 0.15) is 12.1 Å². The number of ether oxygens (including phenoxy) is 1. The quantitative estimate of drug-likeness (QED) is 0.270. The van der Waals surface area contributed by atoms with Crippen molar-refractivity contribution in [2.75, 3.05) is 44.2 Å². The lowest BCUT2D eigenvalue weighted by molar-refractivity contribution is -0.132. The monoisotopic (exact) mass is 637 g/mol. The molecule has 4 aromatic rings. The van der Waals surface area contributed by atoms with Crippen molar-refractivity contribution in [2.45, 2.75) is 46.3 Å². The molecule has 246 valence electrons. The van der Waals surface area contributed by atoms with Gasteiger partial charge in [0.15, 0.2) is 0 Å². The first-order chi connectivity index (χ1) is 22.6. The van der Waals surface area contributed by atoms with Gasteiger partial charge in [-0.1, -0.05) is 61.5 Å². The molecular formula is C37H43N5O5. The number of nitrogens with zero attached hydrogens (tertiary/aromatic N) is 4. The minimum absolute atomic E-state index is 0.154. The Balaban J connectivity index is 1.49. The largest absolute Gasteiger partial charge is 0.444 e. The summed E-state index contributed by atoms with van der Waals surface area (Å²) >= 11 is 0. The summed E-state index contributed by atoms with van der Waals surface area (Å²) in [6, 6.07) is 26.3. The molecule has 1 aliphatic rings. The van der Waals surface area contributed by atoms with E-state index in [1.165, 1.54) is 0 Å². The summed E-state index contributed by atoms with van der Waals surface area (Å²) in [6.07, 6.45) is 0.120. The summed E-state index contributed by atoms with van der Waals surface area (Å²) in [5.41, 5.74) is 1.71. The Kier molecular flexibility index (Phi) is 10.4. The predicted octanol–water partition coefficient (Wildman–Crippen LogP) is 5.22. The Morgan fingerprint density at radius 1 is 0.830 bits per heavy atom. The molecule has 3 amide bonds. The van der Waals surface area contributed by atoms with Crippen molar-refractivity contribution >= 4 is 34.4 Å². The van der Waals surface area contributed by atoms with Crippen LogP contribution in [0.15, 0.2) is 89.7 Å². The van der Waals surface area contributed by atoms with E-state index in [2.05, 4.69) is 10.2 Å². The number of hydrogen-bond acceptors (Lipinski definition) is 6. The van der Waals surface area contributed by atoms with Gasteiger partial charge in [0.25, 0.3) is 11.5 Å². The predicted molar refractivity (Wildman–Crippen MR) is 184 cm³/mol. The molecule has 0 radical (unpaired) electrons. The number of aromatic nitrogens is 1. The lowest BCUT2D eigenvalue weighted by atomic mass is 10.00. The minimum atomic E-state index is -0.656. The van der Waals surface area contributed by atoms with E-state index in [1.807, 2.05) is 85.8 Å². The number of para-hydroxylation sites is 2. The van der Waals surface area contributed by atoms with Crippen molar-refractivity contribution in [1.29, 1.82) is 0 Å². The fraction of sp³-hybridized carbons (Fsp3) is 0.351. The molecule has 10 nitrogen and oxygen atoms in total. The highest BCUT2D eigenvalue weighted by molar-refractivity contribution is 6.15. The smallest absolute Gasteiger partial charge is 0.408 e. The fourth-order valence-corrected chi connectivity index (χ4v) is 5.89. The molecule has 0 atom stereocenters. The van der Waals surface area contributed by atoms with Crippen LogP contribution in [0.4, 0.5) is 10.5 Å². The van der Waals surface area contributed by atoms with Crippen molar-refractivity contribution in [3.8, 4) is 5.69 Å². The Labute approximate surface area is 275 Å². The molecule has 0 saturated carbocycles. The third kappa shape index (κ3) is 7.89. The summed E-state index contributed by atoms with van der Waals surface area (Å²) in [7, 11) is 0. The molecule has 1 saturated heterocycles. The van der Waals surface area contributed by atoms with E-state index >= 15 is 0 Å². The number of benzene rings is 3. The molecule has 0 aliphatic carbocycles. The molecule has 0 unspecified atom stereocenters. The number of alkyl carbamates (subject to hydrolysis) is 1. The van der Waals surface area contributed by atoms with Gasteiger partial charge in [0, 0.05) is 61.4 Å². The topological polar surface area (TPSA) is 104 Å². The molecule has 1 aliphatic heterocycles. The summed E-state index contributed by atoms with van der Waals surface area (Å²) in [6.45, 7) is 9.95. The van der Waals surface area contributed by atoms with E-state index in [1.54, 1.807) is 41.2 Å². The van der Waals surface area contributed by atoms with Gasteiger partial charge in [-0.05, 0) is 57.5 Å². The van der Waals surface area contributed by atoms with Gasteiger partial charge in [-0.25, -0.2) is 4.79 Å². The van der Waals surface area contributed by atoms with E-state index < -0.39 is 11.7 Å². The van der Waals surface area contributed by atoms with Crippen LogP contribution in [0.1, 0.15) is 50.2 Å². The lowest BCUT2D eigenvalue weighted by Gasteiger charge is -2.36. The molecule has 10 heteroatoms. The molecule has 1 N–H and O–H groups in total. The first-order valence-corrected chi connectivity index (χ1v) is 16.1. The highest BCUT2D eigenvalue weighted by Gasteiger charge is 2.30. The Morgan fingerprint density at radius 3 is 2.04 bits per heavy atom. The van der Waals surface area contributed by atoms with Crippen LogP contribution >= 0.6 is 0 Å². The molecule has 47 heavy (non-hydrogen) atoms. The van der Waals surface area contributed by atoms with Crippen LogP contribution in [0.3, 0.4) is 0 Å². The number of hydrogen-bond donors (Lipinski definition) is 1. The van der Waals surface area contributed by atoms with Crippen LogP contribution in [0, 0.1) is 0 Å². The number of amides is 3. The van der Waals surface area contributed by atoms with E-state index in [0.29, 0.717) is 67.0 Å². The van der Waals surface area contributed by atoms with E-state index in [4.69, 9.17) is 4.74 Å². The number of pyridine rings is 1. The van der Waals surface area contributed by atoms with Crippen LogP contribution in [0.5, 0.6) is 0 Å². The van der Waals surface area contributed by atoms with Crippen LogP contribution in [0.25, 0.3) is 16.5 Å². The summed E-state index contributed by atoms with van der Waals surface area (Å²) in [4.78, 5) is 59.6. The number of carbonyl (C=O) groups is 3. The number of anilines is 1. The SMILES string of the molecule is CCCN(C(=O)c1c(CN2CCN(C(=O)CNC(=O)OC(C)(C)C)CC2)n(-c2ccccc2)c(=O)c2ccccc12)c1ccccc1. The summed E-state index contributed by atoms with van der Waals surface area (Å²) in [5, 5.41) is 3.63. The van der Waals surface area contributed by atoms with Crippen LogP contribution in [-0.4, -0.2) is 77.1 Å². The first-order valence-electron chi connectivity index (χ1n) is 16.1. The molecule has 5 rings (SSSR count). The highest BCUT2D eigenvalue weighted by atomic mass is 16.6. The third-order valence-electron chi connectivity index (χ3n) is 8.06. The van der Waals surface area contributed by atoms with Crippen molar-refractivity contribution < 1.29 is 19.1 Å². The highest BCUT2D eigenvalue weighted by Crippen LogP contribution is 2.28. The standard InChI is InChI=1S/C37H43N5O5/c1-5-20-41(27-14-8-6-9-15-27)35(45)33-29-18-12-13-19-30(29)34(44)42(28-16-10-7-11-17-28)31(33)26-39-21-23-40(24-22-39)32(43)25-38-36(46)47-37(2,3)4/h6-19H,5,20-26H2,1-4H3,(H,38,46). The lowest BCUT2D eigenvalue weighted by Crippen LogP contribution is -2.51. The molecular weight excluding hydrogens is 594 g/mol. The average molecular weight is 638 g/mol. The second kappa shape index (κ2) is 14.6. The average Bonchev–Trinajstić information content (AvgIpc) is 3.06. The van der Waals surface area contributed by atoms with Gasteiger partial charge in [-0.15, -0.1) is 0 Å². The van der Waals surface area contributed by atoms with Crippen LogP contribution in [0.2, 0.25) is 0 Å². The van der Waals surface area contributed by atoms with Crippen molar-refractivity contribution in [2.24, 2.45) is 0 Å². The zero-order valence-electron chi connectivity index (χ0n) is 27.6. The minimum Gasteiger partial charge on any atom is -0.444 e. The number of fused-ring (bicyclic) bond motifs is 1. The number of carbonyl (C=O) groups excluding carboxylic acids is 3. The van der Waals surface area contributed by atoms with Crippen molar-refractivity contribution in [3.05, 3.63) is 107 Å². The molecule has 0 spiro atoms. The molecule has 1 aromatic heterocycles. The van der Waals surface area contributed by atoms with Gasteiger partial charge >= 0.3 is 6.09 Å². The number of nitrogens with one attached hydrogen (secondary N) is 1. The zero-order chi connectivity index (χ0) is 33.6. The fourth-order valence-electron chi connectivity index (χ4n) is 5.89. The second-order valence-corrected chi connectivity index (χ2v) is 12.6. The summed E-state index contributed by atoms with van der Waals surface area (Å²) < 4.78 is 6.92. The molecule has 1 fully saturated rings. The van der Waals surface area contributed by atoms with Gasteiger partial charge in [-0.2, -0.15) is 0 Å². The Morgan fingerprint density at radius 2 is 1.43 bits per heavy atom. The second-order valence-electron chi connectivity index (χ2n) is 12.6. The number of rotatable bonds is 9. The first kappa shape index (κ1) is 33.4. The van der Waals surface area contributed by atoms with Gasteiger partial charge in [0.2, 0.25) is 5.91 Å². The zero-order valence-corrected chi connectivity index (χ0v) is 27.6. The van der Waals surface area contributed by atoms with Gasteiger partial charge < -0.3 is 19.9 Å². The van der Waals surface area contributed by atoms with Gasteiger partial charge in [0.05, 0.1) is 11.3 Å². The Bertz CT molecular complexity index is 1770. The molecule has 0 bridgehead atoms. The van der Waals surface area contributed by atoms with Gasteiger partial charge in [-0.3, -0.25) is 23.9 Å². The molecule has 2 heterocycles. The van der Waals surface area contributed by atoms with E-state index in [-0.39, 0.29) is 23.9 Å². The van der Waals surface area contributed by atoms with Crippen molar-refractivity contribution in [3.63, 3.8) is 0 Å². The van der Waals surface area contributed by atoms with Crippen molar-refractivity contribution in [1.82, 2.24) is 19.7 Å². The van der Waals surface area contributed by atoms with E-state index in [0.717, 1.165) is 12.1 Å². The maximum atomic E-state index is 14.8.